The number of hydrogen-bond acceptors (Lipinski definition) is 3. The fourth-order valence-electron chi connectivity index (χ4n) is 2.93. The van der Waals surface area contributed by atoms with E-state index in [1.54, 1.807) is 0 Å². The van der Waals surface area contributed by atoms with Gasteiger partial charge in [0.25, 0.3) is 0 Å². The van der Waals surface area contributed by atoms with E-state index in [9.17, 15) is 4.79 Å². The van der Waals surface area contributed by atoms with E-state index in [0.29, 0.717) is 17.9 Å². The van der Waals surface area contributed by atoms with Gasteiger partial charge in [-0.05, 0) is 46.5 Å². The Morgan fingerprint density at radius 3 is 2.00 bits per heavy atom. The molecule has 0 aromatic rings. The Balaban J connectivity index is 1.87. The fraction of sp³-hybridized carbons (Fsp3) is 0.929. The number of ether oxygens (including phenoxy) is 1. The summed E-state index contributed by atoms with van der Waals surface area (Å²) in [5.74, 6) is 1.28. The molecule has 2 fully saturated rings. The van der Waals surface area contributed by atoms with Crippen molar-refractivity contribution >= 4 is 6.09 Å². The molecule has 2 atom stereocenters. The number of fused-ring (bicyclic) bond motifs is 1. The molecule has 0 aliphatic carbocycles. The molecule has 0 bridgehead atoms. The highest BCUT2D eigenvalue weighted by molar-refractivity contribution is 5.68. The van der Waals surface area contributed by atoms with Gasteiger partial charge in [-0.1, -0.05) is 0 Å². The molecule has 1 amide bonds. The quantitative estimate of drug-likeness (QED) is 0.719. The SMILES string of the molecule is CC(C)N1CC2CN(C(=O)OC(C)(C)C)CC2C1. The van der Waals surface area contributed by atoms with Gasteiger partial charge in [0.15, 0.2) is 0 Å². The Morgan fingerprint density at radius 1 is 1.11 bits per heavy atom. The van der Waals surface area contributed by atoms with Gasteiger partial charge < -0.3 is 14.5 Å². The Bertz CT molecular complexity index is 308. The van der Waals surface area contributed by atoms with Crippen LogP contribution >= 0.6 is 0 Å². The summed E-state index contributed by atoms with van der Waals surface area (Å²) in [5, 5.41) is 0. The molecular formula is C14H26N2O2. The zero-order chi connectivity index (χ0) is 13.5. The van der Waals surface area contributed by atoms with Gasteiger partial charge in [-0.2, -0.15) is 0 Å². The predicted molar refractivity (Wildman–Crippen MR) is 71.5 cm³/mol. The Labute approximate surface area is 110 Å². The minimum atomic E-state index is -0.390. The lowest BCUT2D eigenvalue weighted by molar-refractivity contribution is 0.0273. The first-order valence-corrected chi connectivity index (χ1v) is 6.98. The molecule has 0 aromatic carbocycles. The number of rotatable bonds is 1. The Hall–Kier alpha value is -0.770. The molecule has 0 spiro atoms. The molecule has 2 aliphatic heterocycles. The van der Waals surface area contributed by atoms with Gasteiger partial charge in [0.05, 0.1) is 0 Å². The van der Waals surface area contributed by atoms with Gasteiger partial charge in [-0.15, -0.1) is 0 Å². The van der Waals surface area contributed by atoms with Crippen molar-refractivity contribution in [2.24, 2.45) is 11.8 Å². The van der Waals surface area contributed by atoms with E-state index >= 15 is 0 Å². The molecule has 2 aliphatic rings. The molecule has 0 radical (unpaired) electrons. The summed E-state index contributed by atoms with van der Waals surface area (Å²) in [6.07, 6.45) is -0.145. The number of carbonyl (C=O) groups is 1. The van der Waals surface area contributed by atoms with E-state index in [4.69, 9.17) is 4.74 Å². The average Bonchev–Trinajstić information content (AvgIpc) is 2.69. The molecule has 4 heteroatoms. The van der Waals surface area contributed by atoms with Crippen LogP contribution in [-0.2, 0) is 4.74 Å². The van der Waals surface area contributed by atoms with Gasteiger partial charge in [-0.25, -0.2) is 4.79 Å². The Morgan fingerprint density at radius 2 is 1.61 bits per heavy atom. The maximum atomic E-state index is 12.0. The first-order chi connectivity index (χ1) is 8.26. The number of carbonyl (C=O) groups excluding carboxylic acids is 1. The van der Waals surface area contributed by atoms with Crippen molar-refractivity contribution in [2.75, 3.05) is 26.2 Å². The van der Waals surface area contributed by atoms with E-state index < -0.39 is 5.60 Å². The number of amides is 1. The summed E-state index contributed by atoms with van der Waals surface area (Å²) in [7, 11) is 0. The number of likely N-dealkylation sites (tertiary alicyclic amines) is 2. The van der Waals surface area contributed by atoms with Gasteiger partial charge >= 0.3 is 6.09 Å². The molecule has 0 saturated carbocycles. The highest BCUT2D eigenvalue weighted by atomic mass is 16.6. The van der Waals surface area contributed by atoms with E-state index in [1.807, 2.05) is 25.7 Å². The van der Waals surface area contributed by atoms with Crippen LogP contribution in [0.4, 0.5) is 4.79 Å². The van der Waals surface area contributed by atoms with Crippen LogP contribution in [0.2, 0.25) is 0 Å². The molecule has 0 aromatic heterocycles. The molecule has 2 heterocycles. The summed E-state index contributed by atoms with van der Waals surface area (Å²) >= 11 is 0. The highest BCUT2D eigenvalue weighted by Gasteiger charge is 2.43. The summed E-state index contributed by atoms with van der Waals surface area (Å²) in [4.78, 5) is 16.4. The summed E-state index contributed by atoms with van der Waals surface area (Å²) < 4.78 is 5.43. The lowest BCUT2D eigenvalue weighted by atomic mass is 10.0. The van der Waals surface area contributed by atoms with Crippen LogP contribution in [-0.4, -0.2) is 53.7 Å². The van der Waals surface area contributed by atoms with Crippen molar-refractivity contribution in [2.45, 2.75) is 46.3 Å². The fourth-order valence-corrected chi connectivity index (χ4v) is 2.93. The molecule has 18 heavy (non-hydrogen) atoms. The smallest absolute Gasteiger partial charge is 0.410 e. The van der Waals surface area contributed by atoms with Crippen molar-refractivity contribution in [1.82, 2.24) is 9.80 Å². The minimum Gasteiger partial charge on any atom is -0.444 e. The summed E-state index contributed by atoms with van der Waals surface area (Å²) in [6, 6.07) is 0.616. The molecule has 2 saturated heterocycles. The maximum Gasteiger partial charge on any atom is 0.410 e. The molecule has 2 rings (SSSR count). The normalized spacial score (nSPS) is 28.9. The van der Waals surface area contributed by atoms with Crippen molar-refractivity contribution in [3.05, 3.63) is 0 Å². The van der Waals surface area contributed by atoms with Crippen LogP contribution in [0.25, 0.3) is 0 Å². The van der Waals surface area contributed by atoms with Crippen molar-refractivity contribution in [3.8, 4) is 0 Å². The van der Waals surface area contributed by atoms with E-state index in [0.717, 1.165) is 26.2 Å². The van der Waals surface area contributed by atoms with Gasteiger partial charge in [0.2, 0.25) is 0 Å². The van der Waals surface area contributed by atoms with Crippen LogP contribution in [0.5, 0.6) is 0 Å². The van der Waals surface area contributed by atoms with Gasteiger partial charge in [-0.3, -0.25) is 0 Å². The van der Waals surface area contributed by atoms with Crippen LogP contribution in [0.3, 0.4) is 0 Å². The van der Waals surface area contributed by atoms with Crippen LogP contribution in [0, 0.1) is 11.8 Å². The third-order valence-electron chi connectivity index (χ3n) is 3.90. The second kappa shape index (κ2) is 4.72. The standard InChI is InChI=1S/C14H26N2O2/c1-10(2)15-6-11-8-16(9-12(11)7-15)13(17)18-14(3,4)5/h10-12H,6-9H2,1-5H3. The Kier molecular flexibility index (Phi) is 3.58. The molecule has 104 valence electrons. The molecule has 4 nitrogen and oxygen atoms in total. The van der Waals surface area contributed by atoms with E-state index in [1.165, 1.54) is 0 Å². The molecule has 2 unspecified atom stereocenters. The molecular weight excluding hydrogens is 228 g/mol. The third-order valence-corrected chi connectivity index (χ3v) is 3.90. The van der Waals surface area contributed by atoms with E-state index in [-0.39, 0.29) is 6.09 Å². The van der Waals surface area contributed by atoms with Gasteiger partial charge in [0.1, 0.15) is 5.60 Å². The molecule has 0 N–H and O–H groups in total. The average molecular weight is 254 g/mol. The lowest BCUT2D eigenvalue weighted by Gasteiger charge is -2.27. The topological polar surface area (TPSA) is 32.8 Å². The first-order valence-electron chi connectivity index (χ1n) is 6.98. The third kappa shape index (κ3) is 2.97. The monoisotopic (exact) mass is 254 g/mol. The van der Waals surface area contributed by atoms with Crippen molar-refractivity contribution in [3.63, 3.8) is 0 Å². The predicted octanol–water partition coefficient (Wildman–Crippen LogP) is 2.19. The zero-order valence-electron chi connectivity index (χ0n) is 12.3. The van der Waals surface area contributed by atoms with Crippen molar-refractivity contribution < 1.29 is 9.53 Å². The van der Waals surface area contributed by atoms with Crippen LogP contribution < -0.4 is 0 Å². The van der Waals surface area contributed by atoms with Crippen LogP contribution in [0.1, 0.15) is 34.6 Å². The second-order valence-electron chi connectivity index (χ2n) is 6.95. The maximum absolute atomic E-state index is 12.0. The summed E-state index contributed by atoms with van der Waals surface area (Å²) in [6.45, 7) is 14.2. The first kappa shape index (κ1) is 13.7. The highest BCUT2D eigenvalue weighted by Crippen LogP contribution is 2.32. The zero-order valence-corrected chi connectivity index (χ0v) is 12.3. The largest absolute Gasteiger partial charge is 0.444 e. The van der Waals surface area contributed by atoms with E-state index in [2.05, 4.69) is 18.7 Å². The van der Waals surface area contributed by atoms with Gasteiger partial charge in [0, 0.05) is 32.2 Å². The lowest BCUT2D eigenvalue weighted by Crippen LogP contribution is -2.38. The van der Waals surface area contributed by atoms with Crippen molar-refractivity contribution in [1.29, 1.82) is 0 Å². The second-order valence-corrected chi connectivity index (χ2v) is 6.95. The number of hydrogen-bond donors (Lipinski definition) is 0. The minimum absolute atomic E-state index is 0.145. The summed E-state index contributed by atoms with van der Waals surface area (Å²) in [5.41, 5.74) is -0.390. The van der Waals surface area contributed by atoms with Crippen LogP contribution in [0.15, 0.2) is 0 Å². The number of nitrogens with zero attached hydrogens (tertiary/aromatic N) is 2.